The summed E-state index contributed by atoms with van der Waals surface area (Å²) in [5.74, 6) is 0.0570. The van der Waals surface area contributed by atoms with Crippen LogP contribution in [-0.4, -0.2) is 53.1 Å². The van der Waals surface area contributed by atoms with E-state index in [4.69, 9.17) is 0 Å². The number of nitrogens with zero attached hydrogens (tertiary/aromatic N) is 3. The first-order valence-electron chi connectivity index (χ1n) is 8.04. The lowest BCUT2D eigenvalue weighted by Gasteiger charge is -2.26. The second-order valence-corrected chi connectivity index (χ2v) is 8.27. The van der Waals surface area contributed by atoms with Gasteiger partial charge in [0, 0.05) is 12.6 Å². The molecule has 2 heterocycles. The van der Waals surface area contributed by atoms with Crippen molar-refractivity contribution in [2.45, 2.75) is 26.3 Å². The summed E-state index contributed by atoms with van der Waals surface area (Å²) >= 11 is 0. The summed E-state index contributed by atoms with van der Waals surface area (Å²) < 4.78 is 25.2. The Labute approximate surface area is 142 Å². The number of aromatic nitrogens is 2. The molecule has 0 spiro atoms. The molecular formula is C17H21N3O3S. The van der Waals surface area contributed by atoms with Gasteiger partial charge in [-0.15, -0.1) is 0 Å². The molecule has 2 aromatic rings. The number of hydrogen-bond donors (Lipinski definition) is 0. The summed E-state index contributed by atoms with van der Waals surface area (Å²) in [7, 11) is -3.03. The molecule has 6 nitrogen and oxygen atoms in total. The van der Waals surface area contributed by atoms with Crippen LogP contribution in [0.4, 0.5) is 0 Å². The molecule has 1 amide bonds. The Hall–Kier alpha value is -2.15. The first-order chi connectivity index (χ1) is 11.4. The number of rotatable bonds is 4. The van der Waals surface area contributed by atoms with Crippen molar-refractivity contribution in [1.29, 1.82) is 0 Å². The van der Waals surface area contributed by atoms with Crippen LogP contribution < -0.4 is 0 Å². The molecule has 1 aromatic heterocycles. The lowest BCUT2D eigenvalue weighted by atomic mass is 10.1. The van der Waals surface area contributed by atoms with E-state index >= 15 is 0 Å². The Balaban J connectivity index is 1.88. The first kappa shape index (κ1) is 16.7. The van der Waals surface area contributed by atoms with Crippen molar-refractivity contribution < 1.29 is 13.2 Å². The van der Waals surface area contributed by atoms with Gasteiger partial charge in [-0.05, 0) is 32.4 Å². The Morgan fingerprint density at radius 1 is 1.33 bits per heavy atom. The highest BCUT2D eigenvalue weighted by atomic mass is 32.2. The highest BCUT2D eigenvalue weighted by Gasteiger charge is 2.35. The van der Waals surface area contributed by atoms with Gasteiger partial charge in [-0.1, -0.05) is 18.2 Å². The zero-order chi connectivity index (χ0) is 17.3. The van der Waals surface area contributed by atoms with Gasteiger partial charge in [0.15, 0.2) is 9.84 Å². The molecule has 0 bridgehead atoms. The maximum Gasteiger partial charge on any atom is 0.257 e. The molecule has 0 radical (unpaired) electrons. The fourth-order valence-electron chi connectivity index (χ4n) is 3.19. The Morgan fingerprint density at radius 3 is 2.62 bits per heavy atom. The van der Waals surface area contributed by atoms with Gasteiger partial charge < -0.3 is 4.90 Å². The lowest BCUT2D eigenvalue weighted by molar-refractivity contribution is 0.0707. The molecule has 1 fully saturated rings. The number of hydrogen-bond acceptors (Lipinski definition) is 4. The molecule has 1 unspecified atom stereocenters. The van der Waals surface area contributed by atoms with Crippen molar-refractivity contribution in [3.8, 4) is 5.69 Å². The molecule has 1 saturated heterocycles. The van der Waals surface area contributed by atoms with E-state index in [1.54, 1.807) is 15.8 Å². The van der Waals surface area contributed by atoms with E-state index in [-0.39, 0.29) is 23.5 Å². The second kappa shape index (κ2) is 6.39. The summed E-state index contributed by atoms with van der Waals surface area (Å²) in [5, 5.41) is 4.33. The zero-order valence-electron chi connectivity index (χ0n) is 13.8. The van der Waals surface area contributed by atoms with E-state index in [0.717, 1.165) is 11.4 Å². The van der Waals surface area contributed by atoms with Gasteiger partial charge in [-0.25, -0.2) is 13.1 Å². The third kappa shape index (κ3) is 3.08. The number of sulfone groups is 1. The second-order valence-electron chi connectivity index (χ2n) is 6.04. The number of carbonyl (C=O) groups excluding carboxylic acids is 1. The molecule has 3 rings (SSSR count). The lowest BCUT2D eigenvalue weighted by Crippen LogP contribution is -2.41. The van der Waals surface area contributed by atoms with Gasteiger partial charge in [0.1, 0.15) is 0 Å². The molecule has 1 aliphatic rings. The molecule has 0 saturated carbocycles. The molecule has 128 valence electrons. The highest BCUT2D eigenvalue weighted by molar-refractivity contribution is 7.91. The van der Waals surface area contributed by atoms with E-state index in [1.165, 1.54) is 0 Å². The van der Waals surface area contributed by atoms with Crippen LogP contribution in [0.5, 0.6) is 0 Å². The predicted octanol–water partition coefficient (Wildman–Crippen LogP) is 1.83. The normalized spacial score (nSPS) is 19.3. The minimum atomic E-state index is -3.03. The average Bonchev–Trinajstić information content (AvgIpc) is 3.11. The van der Waals surface area contributed by atoms with Gasteiger partial charge in [0.25, 0.3) is 5.91 Å². The van der Waals surface area contributed by atoms with Crippen LogP contribution in [0.15, 0.2) is 36.5 Å². The molecule has 7 heteroatoms. The average molecular weight is 347 g/mol. The Kier molecular flexibility index (Phi) is 4.45. The summed E-state index contributed by atoms with van der Waals surface area (Å²) in [6.45, 7) is 4.21. The smallest absolute Gasteiger partial charge is 0.257 e. The van der Waals surface area contributed by atoms with Crippen molar-refractivity contribution in [3.05, 3.63) is 47.8 Å². The highest BCUT2D eigenvalue weighted by Crippen LogP contribution is 2.22. The maximum atomic E-state index is 12.9. The number of amides is 1. The van der Waals surface area contributed by atoms with Crippen molar-refractivity contribution in [3.63, 3.8) is 0 Å². The standard InChI is InChI=1S/C17H21N3O3S/c1-3-19(15-9-10-24(22,23)12-15)17(21)16-11-18-20(13(16)2)14-7-5-4-6-8-14/h4-8,11,15H,3,9-10,12H2,1-2H3. The molecule has 0 N–H and O–H groups in total. The summed E-state index contributed by atoms with van der Waals surface area (Å²) in [6.07, 6.45) is 2.07. The number of carbonyl (C=O) groups is 1. The van der Waals surface area contributed by atoms with Crippen LogP contribution in [0.25, 0.3) is 5.69 Å². The quantitative estimate of drug-likeness (QED) is 0.846. The van der Waals surface area contributed by atoms with Crippen molar-refractivity contribution in [1.82, 2.24) is 14.7 Å². The van der Waals surface area contributed by atoms with Gasteiger partial charge in [0.05, 0.1) is 34.6 Å². The number of benzene rings is 1. The van der Waals surface area contributed by atoms with Crippen LogP contribution in [-0.2, 0) is 9.84 Å². The van der Waals surface area contributed by atoms with Gasteiger partial charge in [0.2, 0.25) is 0 Å². The predicted molar refractivity (Wildman–Crippen MR) is 92.1 cm³/mol. The third-order valence-electron chi connectivity index (χ3n) is 4.49. The van der Waals surface area contributed by atoms with Crippen molar-refractivity contribution >= 4 is 15.7 Å². The van der Waals surface area contributed by atoms with Crippen LogP contribution in [0, 0.1) is 6.92 Å². The minimum absolute atomic E-state index is 0.0540. The molecule has 24 heavy (non-hydrogen) atoms. The molecule has 1 aromatic carbocycles. The monoisotopic (exact) mass is 347 g/mol. The first-order valence-corrected chi connectivity index (χ1v) is 9.86. The maximum absolute atomic E-state index is 12.9. The SMILES string of the molecule is CCN(C(=O)c1cnn(-c2ccccc2)c1C)C1CCS(=O)(=O)C1. The van der Waals surface area contributed by atoms with Gasteiger partial charge >= 0.3 is 0 Å². The molecule has 1 aliphatic heterocycles. The fourth-order valence-corrected chi connectivity index (χ4v) is 4.92. The van der Waals surface area contributed by atoms with E-state index < -0.39 is 9.84 Å². The third-order valence-corrected chi connectivity index (χ3v) is 6.24. The molecule has 1 atom stereocenters. The topological polar surface area (TPSA) is 72.3 Å². The van der Waals surface area contributed by atoms with E-state index in [2.05, 4.69) is 5.10 Å². The van der Waals surface area contributed by atoms with Crippen LogP contribution >= 0.6 is 0 Å². The van der Waals surface area contributed by atoms with E-state index in [0.29, 0.717) is 18.5 Å². The van der Waals surface area contributed by atoms with Crippen LogP contribution in [0.2, 0.25) is 0 Å². The van der Waals surface area contributed by atoms with E-state index in [9.17, 15) is 13.2 Å². The van der Waals surface area contributed by atoms with E-state index in [1.807, 2.05) is 44.2 Å². The summed E-state index contributed by atoms with van der Waals surface area (Å²) in [6, 6.07) is 9.37. The molecule has 0 aliphatic carbocycles. The molecular weight excluding hydrogens is 326 g/mol. The fraction of sp³-hybridized carbons (Fsp3) is 0.412. The van der Waals surface area contributed by atoms with Gasteiger partial charge in [-0.3, -0.25) is 4.79 Å². The Morgan fingerprint density at radius 2 is 2.04 bits per heavy atom. The van der Waals surface area contributed by atoms with Crippen LogP contribution in [0.1, 0.15) is 29.4 Å². The van der Waals surface area contributed by atoms with Crippen molar-refractivity contribution in [2.24, 2.45) is 0 Å². The van der Waals surface area contributed by atoms with Crippen LogP contribution in [0.3, 0.4) is 0 Å². The minimum Gasteiger partial charge on any atom is -0.335 e. The largest absolute Gasteiger partial charge is 0.335 e. The Bertz CT molecular complexity index is 843. The van der Waals surface area contributed by atoms with Gasteiger partial charge in [-0.2, -0.15) is 5.10 Å². The number of para-hydroxylation sites is 1. The summed E-state index contributed by atoms with van der Waals surface area (Å²) in [4.78, 5) is 14.6. The van der Waals surface area contributed by atoms with Crippen molar-refractivity contribution in [2.75, 3.05) is 18.1 Å². The summed E-state index contributed by atoms with van der Waals surface area (Å²) in [5.41, 5.74) is 2.16. The zero-order valence-corrected chi connectivity index (χ0v) is 14.7.